The smallest absolute Gasteiger partial charge is 0.334 e. The average molecular weight is 282 g/mol. The molecule has 7 heteroatoms. The molecular formula is C12H14N2O4S. The van der Waals surface area contributed by atoms with Crippen LogP contribution in [0.1, 0.15) is 19.5 Å². The van der Waals surface area contributed by atoms with Crippen molar-refractivity contribution < 1.29 is 19.7 Å². The van der Waals surface area contributed by atoms with E-state index in [4.69, 9.17) is 4.74 Å². The van der Waals surface area contributed by atoms with Crippen molar-refractivity contribution in [2.75, 3.05) is 12.4 Å². The van der Waals surface area contributed by atoms with E-state index >= 15 is 0 Å². The highest BCUT2D eigenvalue weighted by Crippen LogP contribution is 2.34. The highest BCUT2D eigenvalue weighted by molar-refractivity contribution is 8.14. The van der Waals surface area contributed by atoms with Crippen LogP contribution in [0.2, 0.25) is 0 Å². The van der Waals surface area contributed by atoms with E-state index in [0.717, 1.165) is 0 Å². The fourth-order valence-corrected chi connectivity index (χ4v) is 2.78. The molecule has 102 valence electrons. The van der Waals surface area contributed by atoms with Gasteiger partial charge in [-0.1, -0.05) is 0 Å². The lowest BCUT2D eigenvalue weighted by Gasteiger charge is -2.16. The SMILES string of the molecule is CCOC(=O)[C@@]1(C)CSC(c2ncc(O)cc2O)=N1. The Hall–Kier alpha value is -1.76. The van der Waals surface area contributed by atoms with Gasteiger partial charge in [0.05, 0.1) is 12.8 Å². The minimum absolute atomic E-state index is 0.127. The molecule has 2 heterocycles. The van der Waals surface area contributed by atoms with Gasteiger partial charge < -0.3 is 14.9 Å². The van der Waals surface area contributed by atoms with E-state index in [1.807, 2.05) is 0 Å². The second-order valence-corrected chi connectivity index (χ2v) is 5.23. The summed E-state index contributed by atoms with van der Waals surface area (Å²) in [6.07, 6.45) is 1.22. The van der Waals surface area contributed by atoms with E-state index in [1.54, 1.807) is 13.8 Å². The van der Waals surface area contributed by atoms with E-state index < -0.39 is 11.5 Å². The maximum atomic E-state index is 11.8. The molecule has 1 aliphatic rings. The Labute approximate surface area is 114 Å². The van der Waals surface area contributed by atoms with Crippen molar-refractivity contribution in [1.29, 1.82) is 0 Å². The van der Waals surface area contributed by atoms with Gasteiger partial charge in [0.2, 0.25) is 0 Å². The van der Waals surface area contributed by atoms with Gasteiger partial charge in [-0.3, -0.25) is 4.99 Å². The molecule has 0 amide bonds. The van der Waals surface area contributed by atoms with Gasteiger partial charge in [-0.25, -0.2) is 9.78 Å². The topological polar surface area (TPSA) is 92.0 Å². The largest absolute Gasteiger partial charge is 0.506 e. The zero-order valence-corrected chi connectivity index (χ0v) is 11.4. The Bertz CT molecular complexity index is 547. The molecule has 2 rings (SSSR count). The number of pyridine rings is 1. The van der Waals surface area contributed by atoms with Crippen molar-refractivity contribution in [2.24, 2.45) is 4.99 Å². The molecular weight excluding hydrogens is 268 g/mol. The van der Waals surface area contributed by atoms with Gasteiger partial charge in [0.15, 0.2) is 5.54 Å². The molecule has 0 fully saturated rings. The Kier molecular flexibility index (Phi) is 3.66. The van der Waals surface area contributed by atoms with Crippen LogP contribution in [0.4, 0.5) is 0 Å². The first kappa shape index (κ1) is 13.7. The highest BCUT2D eigenvalue weighted by Gasteiger charge is 2.40. The summed E-state index contributed by atoms with van der Waals surface area (Å²) < 4.78 is 4.98. The lowest BCUT2D eigenvalue weighted by atomic mass is 10.1. The van der Waals surface area contributed by atoms with Gasteiger partial charge in [-0.2, -0.15) is 0 Å². The first-order valence-electron chi connectivity index (χ1n) is 5.74. The third-order valence-corrected chi connectivity index (χ3v) is 3.87. The molecule has 1 aliphatic heterocycles. The summed E-state index contributed by atoms with van der Waals surface area (Å²) in [7, 11) is 0. The Balaban J connectivity index is 2.30. The molecule has 2 N–H and O–H groups in total. The summed E-state index contributed by atoms with van der Waals surface area (Å²) in [6, 6.07) is 1.19. The number of aliphatic imine (C=N–C) groups is 1. The normalized spacial score (nSPS) is 22.1. The van der Waals surface area contributed by atoms with Crippen molar-refractivity contribution in [3.8, 4) is 11.5 Å². The predicted octanol–water partition coefficient (Wildman–Crippen LogP) is 1.31. The van der Waals surface area contributed by atoms with E-state index in [1.165, 1.54) is 24.0 Å². The van der Waals surface area contributed by atoms with Crippen LogP contribution in [0.25, 0.3) is 0 Å². The molecule has 0 aromatic carbocycles. The van der Waals surface area contributed by atoms with Crippen LogP contribution in [0.3, 0.4) is 0 Å². The lowest BCUT2D eigenvalue weighted by Crippen LogP contribution is -2.35. The maximum Gasteiger partial charge on any atom is 0.334 e. The van der Waals surface area contributed by atoms with Gasteiger partial charge in [-0.05, 0) is 13.8 Å². The Morgan fingerprint density at radius 1 is 1.58 bits per heavy atom. The quantitative estimate of drug-likeness (QED) is 0.812. The third-order valence-electron chi connectivity index (χ3n) is 2.61. The van der Waals surface area contributed by atoms with E-state index in [2.05, 4.69) is 9.98 Å². The number of hydrogen-bond donors (Lipinski definition) is 2. The van der Waals surface area contributed by atoms with Crippen LogP contribution in [0.5, 0.6) is 11.5 Å². The van der Waals surface area contributed by atoms with Crippen molar-refractivity contribution in [3.63, 3.8) is 0 Å². The van der Waals surface area contributed by atoms with E-state index in [-0.39, 0.29) is 17.2 Å². The minimum Gasteiger partial charge on any atom is -0.506 e. The molecule has 0 radical (unpaired) electrons. The van der Waals surface area contributed by atoms with Gasteiger partial charge >= 0.3 is 5.97 Å². The number of carbonyl (C=O) groups is 1. The molecule has 0 saturated carbocycles. The molecule has 0 saturated heterocycles. The summed E-state index contributed by atoms with van der Waals surface area (Å²) in [5.41, 5.74) is -0.696. The molecule has 6 nitrogen and oxygen atoms in total. The number of hydrogen-bond acceptors (Lipinski definition) is 7. The standard InChI is InChI=1S/C12H14N2O4S/c1-3-18-11(17)12(2)6-19-10(14-12)9-8(16)4-7(15)5-13-9/h4-5,15-16H,3,6H2,1-2H3/t12-/m1/s1. The second kappa shape index (κ2) is 5.08. The number of ether oxygens (including phenoxy) is 1. The Morgan fingerprint density at radius 3 is 2.95 bits per heavy atom. The molecule has 0 bridgehead atoms. The molecule has 1 aromatic heterocycles. The molecule has 19 heavy (non-hydrogen) atoms. The minimum atomic E-state index is -0.956. The number of esters is 1. The summed E-state index contributed by atoms with van der Waals surface area (Å²) in [6.45, 7) is 3.72. The number of aromatic hydroxyl groups is 2. The lowest BCUT2D eigenvalue weighted by molar-refractivity contribution is -0.147. The molecule has 0 unspecified atom stereocenters. The second-order valence-electron chi connectivity index (χ2n) is 4.26. The van der Waals surface area contributed by atoms with Crippen LogP contribution in [0, 0.1) is 0 Å². The highest BCUT2D eigenvalue weighted by atomic mass is 32.2. The fraction of sp³-hybridized carbons (Fsp3) is 0.417. The number of thioether (sulfide) groups is 1. The Morgan fingerprint density at radius 2 is 2.32 bits per heavy atom. The summed E-state index contributed by atoms with van der Waals surface area (Å²) in [5.74, 6) is -0.253. The predicted molar refractivity (Wildman–Crippen MR) is 71.6 cm³/mol. The van der Waals surface area contributed by atoms with Crippen molar-refractivity contribution in [2.45, 2.75) is 19.4 Å². The van der Waals surface area contributed by atoms with Crippen molar-refractivity contribution in [3.05, 3.63) is 18.0 Å². The number of nitrogens with zero attached hydrogens (tertiary/aromatic N) is 2. The maximum absolute atomic E-state index is 11.8. The van der Waals surface area contributed by atoms with Gasteiger partial charge in [0.25, 0.3) is 0 Å². The van der Waals surface area contributed by atoms with Crippen molar-refractivity contribution in [1.82, 2.24) is 4.98 Å². The van der Waals surface area contributed by atoms with Crippen LogP contribution < -0.4 is 0 Å². The van der Waals surface area contributed by atoms with Gasteiger partial charge in [0, 0.05) is 11.8 Å². The fourth-order valence-electron chi connectivity index (χ4n) is 1.62. The first-order valence-corrected chi connectivity index (χ1v) is 6.73. The van der Waals surface area contributed by atoms with Crippen LogP contribution in [-0.4, -0.2) is 44.1 Å². The number of rotatable bonds is 3. The summed E-state index contributed by atoms with van der Waals surface area (Å²) >= 11 is 1.32. The van der Waals surface area contributed by atoms with E-state index in [9.17, 15) is 15.0 Å². The number of aromatic nitrogens is 1. The monoisotopic (exact) mass is 282 g/mol. The summed E-state index contributed by atoms with van der Waals surface area (Å²) in [5, 5.41) is 19.4. The molecule has 1 aromatic rings. The van der Waals surface area contributed by atoms with Crippen LogP contribution in [-0.2, 0) is 9.53 Å². The molecule has 0 spiro atoms. The van der Waals surface area contributed by atoms with Crippen LogP contribution >= 0.6 is 11.8 Å². The van der Waals surface area contributed by atoms with Gasteiger partial charge in [-0.15, -0.1) is 11.8 Å². The average Bonchev–Trinajstić information content (AvgIpc) is 2.73. The van der Waals surface area contributed by atoms with Crippen LogP contribution in [0.15, 0.2) is 17.3 Å². The van der Waals surface area contributed by atoms with Crippen molar-refractivity contribution >= 4 is 22.8 Å². The summed E-state index contributed by atoms with van der Waals surface area (Å²) in [4.78, 5) is 20.0. The number of carbonyl (C=O) groups excluding carboxylic acids is 1. The zero-order chi connectivity index (χ0) is 14.0. The van der Waals surface area contributed by atoms with E-state index in [0.29, 0.717) is 17.4 Å². The zero-order valence-electron chi connectivity index (χ0n) is 10.6. The first-order chi connectivity index (χ1) is 8.96. The third kappa shape index (κ3) is 2.65. The van der Waals surface area contributed by atoms with Gasteiger partial charge in [0.1, 0.15) is 22.2 Å². The molecule has 0 aliphatic carbocycles. The molecule has 1 atom stereocenters.